The van der Waals surface area contributed by atoms with Gasteiger partial charge in [0.2, 0.25) is 0 Å². The number of nitro groups is 1. The van der Waals surface area contributed by atoms with Gasteiger partial charge in [0.15, 0.2) is 11.5 Å². The van der Waals surface area contributed by atoms with Gasteiger partial charge in [-0.25, -0.2) is 0 Å². The van der Waals surface area contributed by atoms with Crippen LogP contribution in [0.3, 0.4) is 0 Å². The van der Waals surface area contributed by atoms with Crippen LogP contribution in [0.4, 0.5) is 5.69 Å². The van der Waals surface area contributed by atoms with Crippen LogP contribution in [-0.4, -0.2) is 17.8 Å². The van der Waals surface area contributed by atoms with E-state index in [1.807, 2.05) is 6.07 Å². The monoisotopic (exact) mass is 302 g/mol. The Morgan fingerprint density at radius 2 is 2.24 bits per heavy atom. The maximum Gasteiger partial charge on any atom is 0.310 e. The lowest BCUT2D eigenvalue weighted by atomic mass is 9.97. The number of carbonyl (C=O) groups excluding carboxylic acids is 1. The SMILES string of the molecule is COc1cc(C(=O)C(C#N)c2cccs2)ccc1[N+](=O)[O-]. The minimum Gasteiger partial charge on any atom is -0.490 e. The second-order valence-electron chi connectivity index (χ2n) is 4.09. The van der Waals surface area contributed by atoms with Crippen molar-refractivity contribution >= 4 is 22.8 Å². The number of carbonyl (C=O) groups is 1. The summed E-state index contributed by atoms with van der Waals surface area (Å²) < 4.78 is 4.93. The van der Waals surface area contributed by atoms with E-state index in [2.05, 4.69) is 0 Å². The van der Waals surface area contributed by atoms with Gasteiger partial charge in [0.25, 0.3) is 0 Å². The van der Waals surface area contributed by atoms with Crippen molar-refractivity contribution < 1.29 is 14.5 Å². The molecule has 0 fully saturated rings. The highest BCUT2D eigenvalue weighted by atomic mass is 32.1. The molecule has 0 spiro atoms. The molecule has 7 heteroatoms. The van der Waals surface area contributed by atoms with Gasteiger partial charge in [-0.2, -0.15) is 5.26 Å². The number of thiophene rings is 1. The summed E-state index contributed by atoms with van der Waals surface area (Å²) in [6.07, 6.45) is 0. The van der Waals surface area contributed by atoms with E-state index in [0.29, 0.717) is 4.88 Å². The fourth-order valence-electron chi connectivity index (χ4n) is 1.86. The predicted octanol–water partition coefficient (Wildman–Crippen LogP) is 3.15. The molecule has 2 rings (SSSR count). The first-order chi connectivity index (χ1) is 10.1. The molecule has 2 aromatic rings. The highest BCUT2D eigenvalue weighted by molar-refractivity contribution is 7.10. The first-order valence-electron chi connectivity index (χ1n) is 5.88. The summed E-state index contributed by atoms with van der Waals surface area (Å²) in [5.41, 5.74) is -0.0175. The molecule has 1 aromatic heterocycles. The second-order valence-corrected chi connectivity index (χ2v) is 5.06. The third-order valence-corrected chi connectivity index (χ3v) is 3.82. The number of Topliss-reactive ketones (excluding diaryl/α,β-unsaturated/α-hetero) is 1. The van der Waals surface area contributed by atoms with Gasteiger partial charge in [0.05, 0.1) is 18.1 Å². The third kappa shape index (κ3) is 2.90. The Morgan fingerprint density at radius 3 is 2.76 bits per heavy atom. The van der Waals surface area contributed by atoms with Crippen LogP contribution in [0.5, 0.6) is 5.75 Å². The molecule has 21 heavy (non-hydrogen) atoms. The predicted molar refractivity (Wildman–Crippen MR) is 76.7 cm³/mol. The van der Waals surface area contributed by atoms with E-state index in [1.165, 1.54) is 36.6 Å². The average Bonchev–Trinajstić information content (AvgIpc) is 3.01. The van der Waals surface area contributed by atoms with Crippen molar-refractivity contribution in [1.82, 2.24) is 0 Å². The Hall–Kier alpha value is -2.72. The lowest BCUT2D eigenvalue weighted by Gasteiger charge is -2.08. The normalized spacial score (nSPS) is 11.4. The van der Waals surface area contributed by atoms with Crippen LogP contribution in [0.25, 0.3) is 0 Å². The van der Waals surface area contributed by atoms with Gasteiger partial charge in [-0.1, -0.05) is 6.07 Å². The van der Waals surface area contributed by atoms with Crippen molar-refractivity contribution in [2.45, 2.75) is 5.92 Å². The summed E-state index contributed by atoms with van der Waals surface area (Å²) in [6.45, 7) is 0. The summed E-state index contributed by atoms with van der Waals surface area (Å²) >= 11 is 1.31. The zero-order chi connectivity index (χ0) is 15.4. The van der Waals surface area contributed by atoms with Crippen LogP contribution in [-0.2, 0) is 0 Å². The Morgan fingerprint density at radius 1 is 1.48 bits per heavy atom. The first kappa shape index (κ1) is 14.7. The van der Waals surface area contributed by atoms with Crippen molar-refractivity contribution in [3.8, 4) is 11.8 Å². The van der Waals surface area contributed by atoms with Gasteiger partial charge in [0.1, 0.15) is 5.92 Å². The molecule has 0 aliphatic carbocycles. The molecule has 0 saturated carbocycles. The second kappa shape index (κ2) is 6.15. The van der Waals surface area contributed by atoms with Crippen LogP contribution < -0.4 is 4.74 Å². The zero-order valence-corrected chi connectivity index (χ0v) is 11.8. The van der Waals surface area contributed by atoms with Crippen LogP contribution in [0.15, 0.2) is 35.7 Å². The Balaban J connectivity index is 2.40. The van der Waals surface area contributed by atoms with Crippen LogP contribution in [0, 0.1) is 21.4 Å². The number of ether oxygens (including phenoxy) is 1. The molecule has 0 radical (unpaired) electrons. The lowest BCUT2D eigenvalue weighted by Crippen LogP contribution is -2.10. The average molecular weight is 302 g/mol. The lowest BCUT2D eigenvalue weighted by molar-refractivity contribution is -0.385. The van der Waals surface area contributed by atoms with E-state index in [-0.39, 0.29) is 17.0 Å². The van der Waals surface area contributed by atoms with Crippen molar-refractivity contribution in [1.29, 1.82) is 5.26 Å². The summed E-state index contributed by atoms with van der Waals surface area (Å²) in [5.74, 6) is -1.34. The molecule has 0 aliphatic rings. The molecule has 106 valence electrons. The minimum absolute atomic E-state index is 0.00582. The molecule has 1 unspecified atom stereocenters. The summed E-state index contributed by atoms with van der Waals surface area (Å²) in [6, 6.07) is 9.26. The Bertz CT molecular complexity index is 719. The number of ketones is 1. The number of benzene rings is 1. The largest absolute Gasteiger partial charge is 0.490 e. The van der Waals surface area contributed by atoms with Gasteiger partial charge in [-0.15, -0.1) is 11.3 Å². The number of nitrogens with zero attached hydrogens (tertiary/aromatic N) is 2. The van der Waals surface area contributed by atoms with Crippen molar-refractivity contribution in [2.75, 3.05) is 7.11 Å². The highest BCUT2D eigenvalue weighted by Crippen LogP contribution is 2.31. The van der Waals surface area contributed by atoms with Crippen LogP contribution in [0.2, 0.25) is 0 Å². The van der Waals surface area contributed by atoms with Gasteiger partial charge in [-0.3, -0.25) is 14.9 Å². The molecule has 1 atom stereocenters. The summed E-state index contributed by atoms with van der Waals surface area (Å²) in [7, 11) is 1.29. The Labute approximate surface area is 124 Å². The van der Waals surface area contributed by atoms with Gasteiger partial charge in [-0.05, 0) is 23.6 Å². The molecule has 6 nitrogen and oxygen atoms in total. The van der Waals surface area contributed by atoms with E-state index >= 15 is 0 Å². The van der Waals surface area contributed by atoms with Gasteiger partial charge >= 0.3 is 5.69 Å². The fraction of sp³-hybridized carbons (Fsp3) is 0.143. The number of hydrogen-bond donors (Lipinski definition) is 0. The van der Waals surface area contributed by atoms with E-state index in [0.717, 1.165) is 0 Å². The number of methoxy groups -OCH3 is 1. The first-order valence-corrected chi connectivity index (χ1v) is 6.76. The molecular weight excluding hydrogens is 292 g/mol. The zero-order valence-electron chi connectivity index (χ0n) is 11.0. The van der Waals surface area contributed by atoms with E-state index in [9.17, 15) is 20.2 Å². The van der Waals surface area contributed by atoms with E-state index in [1.54, 1.807) is 17.5 Å². The fourth-order valence-corrected chi connectivity index (χ4v) is 2.62. The Kier molecular flexibility index (Phi) is 4.30. The van der Waals surface area contributed by atoms with Crippen molar-refractivity contribution in [3.05, 3.63) is 56.3 Å². The maximum atomic E-state index is 12.4. The van der Waals surface area contributed by atoms with Crippen LogP contribution >= 0.6 is 11.3 Å². The quantitative estimate of drug-likeness (QED) is 0.480. The van der Waals surface area contributed by atoms with E-state index < -0.39 is 16.6 Å². The molecule has 0 bridgehead atoms. The smallest absolute Gasteiger partial charge is 0.310 e. The number of hydrogen-bond acceptors (Lipinski definition) is 6. The topological polar surface area (TPSA) is 93.2 Å². The minimum atomic E-state index is -0.920. The maximum absolute atomic E-state index is 12.4. The number of nitriles is 1. The molecule has 1 heterocycles. The third-order valence-electron chi connectivity index (χ3n) is 2.88. The van der Waals surface area contributed by atoms with E-state index in [4.69, 9.17) is 4.74 Å². The van der Waals surface area contributed by atoms with Crippen LogP contribution in [0.1, 0.15) is 21.2 Å². The molecular formula is C14H10N2O4S. The van der Waals surface area contributed by atoms with Gasteiger partial charge < -0.3 is 4.74 Å². The standard InChI is InChI=1S/C14H10N2O4S/c1-20-12-7-9(4-5-11(12)16(18)19)14(17)10(8-15)13-3-2-6-21-13/h2-7,10H,1H3. The van der Waals surface area contributed by atoms with Gasteiger partial charge in [0, 0.05) is 16.5 Å². The van der Waals surface area contributed by atoms with Crippen molar-refractivity contribution in [3.63, 3.8) is 0 Å². The van der Waals surface area contributed by atoms with Crippen molar-refractivity contribution in [2.24, 2.45) is 0 Å². The summed E-state index contributed by atoms with van der Waals surface area (Å²) in [5, 5.41) is 21.8. The molecule has 0 aliphatic heterocycles. The summed E-state index contributed by atoms with van der Waals surface area (Å²) in [4.78, 5) is 23.3. The highest BCUT2D eigenvalue weighted by Gasteiger charge is 2.25. The number of rotatable bonds is 5. The molecule has 0 N–H and O–H groups in total. The number of nitro benzene ring substituents is 1. The molecule has 0 amide bonds. The molecule has 1 aromatic carbocycles. The molecule has 0 saturated heterocycles.